The van der Waals surface area contributed by atoms with E-state index in [9.17, 15) is 0 Å². The monoisotopic (exact) mass is 440 g/mol. The van der Waals surface area contributed by atoms with Crippen LogP contribution in [0.4, 0.5) is 0 Å². The van der Waals surface area contributed by atoms with E-state index in [0.717, 1.165) is 36.4 Å². The van der Waals surface area contributed by atoms with E-state index in [2.05, 4.69) is 33.5 Å². The molecule has 0 saturated heterocycles. The fourth-order valence-electron chi connectivity index (χ4n) is 2.25. The zero-order chi connectivity index (χ0) is 16.5. The van der Waals surface area contributed by atoms with Gasteiger partial charge in [0.2, 0.25) is 0 Å². The molecule has 0 fully saturated rings. The lowest BCUT2D eigenvalue weighted by molar-refractivity contribution is 0.411. The highest BCUT2D eigenvalue weighted by molar-refractivity contribution is 14.0. The highest BCUT2D eigenvalue weighted by Gasteiger charge is 2.01. The summed E-state index contributed by atoms with van der Waals surface area (Å²) in [7, 11) is 1.69. The normalized spacial score (nSPS) is 10.8. The van der Waals surface area contributed by atoms with Crippen molar-refractivity contribution in [1.29, 1.82) is 0 Å². The third-order valence-electron chi connectivity index (χ3n) is 3.57. The van der Waals surface area contributed by atoms with Crippen molar-refractivity contribution in [1.82, 2.24) is 10.3 Å². The van der Waals surface area contributed by atoms with Gasteiger partial charge in [-0.1, -0.05) is 18.2 Å². The van der Waals surface area contributed by atoms with Crippen LogP contribution in [-0.4, -0.2) is 31.1 Å². The Morgan fingerprint density at radius 2 is 2.08 bits per heavy atom. The van der Waals surface area contributed by atoms with Gasteiger partial charge in [-0.15, -0.1) is 24.0 Å². The summed E-state index contributed by atoms with van der Waals surface area (Å²) in [6.07, 6.45) is 3.45. The Bertz CT molecular complexity index is 647. The molecule has 0 amide bonds. The molecule has 0 spiro atoms. The van der Waals surface area contributed by atoms with Gasteiger partial charge in [0, 0.05) is 31.4 Å². The molecule has 0 aliphatic heterocycles. The minimum atomic E-state index is 0. The topological polar surface area (TPSA) is 72.5 Å². The maximum Gasteiger partial charge on any atom is 0.188 e. The van der Waals surface area contributed by atoms with E-state index < -0.39 is 0 Å². The van der Waals surface area contributed by atoms with Crippen LogP contribution in [0.3, 0.4) is 0 Å². The van der Waals surface area contributed by atoms with Crippen molar-refractivity contribution in [2.45, 2.75) is 19.8 Å². The van der Waals surface area contributed by atoms with Gasteiger partial charge >= 0.3 is 0 Å². The van der Waals surface area contributed by atoms with Gasteiger partial charge in [-0.3, -0.25) is 9.98 Å². The lowest BCUT2D eigenvalue weighted by atomic mass is 10.1. The van der Waals surface area contributed by atoms with Crippen LogP contribution in [0.2, 0.25) is 0 Å². The third-order valence-corrected chi connectivity index (χ3v) is 3.57. The Hall–Kier alpha value is -1.83. The van der Waals surface area contributed by atoms with Crippen molar-refractivity contribution < 1.29 is 4.74 Å². The molecule has 1 heterocycles. The first-order valence-corrected chi connectivity index (χ1v) is 7.76. The number of nitrogens with two attached hydrogens (primary N) is 1. The summed E-state index contributed by atoms with van der Waals surface area (Å²) in [4.78, 5) is 8.58. The largest absolute Gasteiger partial charge is 0.496 e. The number of pyridine rings is 1. The number of hydrogen-bond acceptors (Lipinski definition) is 3. The minimum Gasteiger partial charge on any atom is -0.496 e. The van der Waals surface area contributed by atoms with Crippen LogP contribution in [0.25, 0.3) is 0 Å². The van der Waals surface area contributed by atoms with Crippen LogP contribution in [0.1, 0.15) is 16.8 Å². The summed E-state index contributed by atoms with van der Waals surface area (Å²) in [6.45, 7) is 3.41. The summed E-state index contributed by atoms with van der Waals surface area (Å²) in [5.74, 6) is 1.39. The van der Waals surface area contributed by atoms with E-state index in [1.54, 1.807) is 13.3 Å². The van der Waals surface area contributed by atoms with Gasteiger partial charge in [0.1, 0.15) is 5.75 Å². The molecule has 0 unspecified atom stereocenters. The fraction of sp³-hybridized carbons (Fsp3) is 0.333. The molecule has 0 saturated carbocycles. The zero-order valence-corrected chi connectivity index (χ0v) is 16.5. The zero-order valence-electron chi connectivity index (χ0n) is 14.2. The SMILES string of the molecule is COc1cc(CCNC(N)=NCCc2ccccn2)ccc1C.I. The molecule has 2 aromatic rings. The molecule has 130 valence electrons. The number of guanidine groups is 1. The summed E-state index contributed by atoms with van der Waals surface area (Å²) in [5, 5.41) is 3.14. The molecule has 0 aliphatic rings. The highest BCUT2D eigenvalue weighted by Crippen LogP contribution is 2.18. The van der Waals surface area contributed by atoms with Crippen LogP contribution in [0, 0.1) is 6.92 Å². The second kappa shape index (κ2) is 10.9. The van der Waals surface area contributed by atoms with Crippen molar-refractivity contribution >= 4 is 29.9 Å². The number of benzene rings is 1. The molecule has 6 heteroatoms. The highest BCUT2D eigenvalue weighted by atomic mass is 127. The molecule has 1 aromatic carbocycles. The van der Waals surface area contributed by atoms with E-state index in [-0.39, 0.29) is 24.0 Å². The smallest absolute Gasteiger partial charge is 0.188 e. The van der Waals surface area contributed by atoms with E-state index in [1.807, 2.05) is 25.1 Å². The van der Waals surface area contributed by atoms with Crippen molar-refractivity contribution in [2.24, 2.45) is 10.7 Å². The predicted octanol–water partition coefficient (Wildman–Crippen LogP) is 2.71. The van der Waals surface area contributed by atoms with Crippen molar-refractivity contribution in [3.8, 4) is 5.75 Å². The molecule has 1 aromatic heterocycles. The number of aliphatic imine (C=N–C) groups is 1. The maximum absolute atomic E-state index is 5.88. The average Bonchev–Trinajstić information content (AvgIpc) is 2.57. The van der Waals surface area contributed by atoms with Gasteiger partial charge in [-0.25, -0.2) is 0 Å². The van der Waals surface area contributed by atoms with Crippen LogP contribution >= 0.6 is 24.0 Å². The summed E-state index contributed by atoms with van der Waals surface area (Å²) < 4.78 is 5.33. The number of hydrogen-bond donors (Lipinski definition) is 2. The van der Waals surface area contributed by atoms with Gasteiger partial charge in [-0.05, 0) is 42.7 Å². The Labute approximate surface area is 160 Å². The standard InChI is InChI=1S/C18H24N4O.HI/c1-14-6-7-15(13-17(14)23-2)8-11-21-18(19)22-12-9-16-5-3-4-10-20-16;/h3-7,10,13H,8-9,11-12H2,1-2H3,(H3,19,21,22);1H. The molecule has 2 rings (SSSR count). The lowest BCUT2D eigenvalue weighted by Crippen LogP contribution is -2.33. The Balaban J connectivity index is 0.00000288. The van der Waals surface area contributed by atoms with Gasteiger partial charge in [0.15, 0.2) is 5.96 Å². The number of methoxy groups -OCH3 is 1. The van der Waals surface area contributed by atoms with Crippen LogP contribution in [0.5, 0.6) is 5.75 Å². The van der Waals surface area contributed by atoms with Crippen LogP contribution < -0.4 is 15.8 Å². The van der Waals surface area contributed by atoms with Crippen molar-refractivity contribution in [2.75, 3.05) is 20.2 Å². The molecular weight excluding hydrogens is 415 g/mol. The van der Waals surface area contributed by atoms with E-state index in [0.29, 0.717) is 12.5 Å². The van der Waals surface area contributed by atoms with Gasteiger partial charge in [0.05, 0.1) is 7.11 Å². The van der Waals surface area contributed by atoms with Crippen LogP contribution in [-0.2, 0) is 12.8 Å². The Morgan fingerprint density at radius 1 is 1.25 bits per heavy atom. The number of aryl methyl sites for hydroxylation is 1. The lowest BCUT2D eigenvalue weighted by Gasteiger charge is -2.09. The van der Waals surface area contributed by atoms with Crippen LogP contribution in [0.15, 0.2) is 47.6 Å². The second-order valence-electron chi connectivity index (χ2n) is 5.32. The Kier molecular flexibility index (Phi) is 9.14. The summed E-state index contributed by atoms with van der Waals surface area (Å²) in [6, 6.07) is 12.1. The molecule has 0 atom stereocenters. The molecule has 0 radical (unpaired) electrons. The van der Waals surface area contributed by atoms with Gasteiger partial charge in [0.25, 0.3) is 0 Å². The first-order chi connectivity index (χ1) is 11.2. The van der Waals surface area contributed by atoms with Crippen molar-refractivity contribution in [3.63, 3.8) is 0 Å². The Morgan fingerprint density at radius 3 is 2.79 bits per heavy atom. The van der Waals surface area contributed by atoms with Gasteiger partial charge in [-0.2, -0.15) is 0 Å². The molecule has 5 nitrogen and oxygen atoms in total. The second-order valence-corrected chi connectivity index (χ2v) is 5.32. The molecule has 3 N–H and O–H groups in total. The fourth-order valence-corrected chi connectivity index (χ4v) is 2.25. The number of nitrogens with one attached hydrogen (secondary N) is 1. The van der Waals surface area contributed by atoms with Crippen molar-refractivity contribution in [3.05, 3.63) is 59.4 Å². The number of ether oxygens (including phenoxy) is 1. The van der Waals surface area contributed by atoms with E-state index in [4.69, 9.17) is 10.5 Å². The van der Waals surface area contributed by atoms with E-state index >= 15 is 0 Å². The third kappa shape index (κ3) is 6.74. The number of aromatic nitrogens is 1. The summed E-state index contributed by atoms with van der Waals surface area (Å²) >= 11 is 0. The predicted molar refractivity (Wildman–Crippen MR) is 109 cm³/mol. The molecule has 24 heavy (non-hydrogen) atoms. The minimum absolute atomic E-state index is 0. The quantitative estimate of drug-likeness (QED) is 0.395. The number of halogens is 1. The van der Waals surface area contributed by atoms with Gasteiger partial charge < -0.3 is 15.8 Å². The molecule has 0 aliphatic carbocycles. The average molecular weight is 440 g/mol. The molecular formula is C18H25IN4O. The van der Waals surface area contributed by atoms with E-state index in [1.165, 1.54) is 5.56 Å². The summed E-state index contributed by atoms with van der Waals surface area (Å²) in [5.41, 5.74) is 9.25. The molecule has 0 bridgehead atoms. The maximum atomic E-state index is 5.88. The number of nitrogens with zero attached hydrogens (tertiary/aromatic N) is 2. The first-order valence-electron chi connectivity index (χ1n) is 7.76. The number of rotatable bonds is 7. The first kappa shape index (κ1) is 20.2.